The second kappa shape index (κ2) is 3.71. The SMILES string of the molecule is CCCc1cnc2c(n1)C(N)=NS(=O)(=O)N2. The van der Waals surface area contributed by atoms with Gasteiger partial charge in [0.2, 0.25) is 0 Å². The first-order chi connectivity index (χ1) is 7.52. The monoisotopic (exact) mass is 241 g/mol. The van der Waals surface area contributed by atoms with Crippen LogP contribution in [0.4, 0.5) is 5.82 Å². The lowest BCUT2D eigenvalue weighted by Crippen LogP contribution is -2.28. The number of hydrogen-bond acceptors (Lipinski definition) is 5. The summed E-state index contributed by atoms with van der Waals surface area (Å²) in [5.74, 6) is 0.00607. The van der Waals surface area contributed by atoms with Gasteiger partial charge in [0.25, 0.3) is 0 Å². The molecule has 0 radical (unpaired) electrons. The van der Waals surface area contributed by atoms with E-state index in [1.807, 2.05) is 6.92 Å². The summed E-state index contributed by atoms with van der Waals surface area (Å²) < 4.78 is 27.9. The van der Waals surface area contributed by atoms with Crippen molar-refractivity contribution in [1.29, 1.82) is 0 Å². The molecule has 16 heavy (non-hydrogen) atoms. The van der Waals surface area contributed by atoms with Crippen molar-refractivity contribution in [2.45, 2.75) is 19.8 Å². The van der Waals surface area contributed by atoms with Crippen LogP contribution >= 0.6 is 0 Å². The zero-order valence-electron chi connectivity index (χ0n) is 8.64. The highest BCUT2D eigenvalue weighted by molar-refractivity contribution is 7.91. The second-order valence-electron chi connectivity index (χ2n) is 3.36. The highest BCUT2D eigenvalue weighted by Gasteiger charge is 2.23. The number of anilines is 1. The second-order valence-corrected chi connectivity index (χ2v) is 4.70. The third-order valence-corrected chi connectivity index (χ3v) is 2.90. The van der Waals surface area contributed by atoms with Crippen LogP contribution in [0.25, 0.3) is 0 Å². The van der Waals surface area contributed by atoms with E-state index in [1.165, 1.54) is 6.20 Å². The molecule has 0 spiro atoms. The maximum Gasteiger partial charge on any atom is 0.345 e. The van der Waals surface area contributed by atoms with E-state index in [0.29, 0.717) is 5.69 Å². The van der Waals surface area contributed by atoms with Crippen LogP contribution in [-0.2, 0) is 16.6 Å². The number of nitrogens with zero attached hydrogens (tertiary/aromatic N) is 3. The maximum absolute atomic E-state index is 11.2. The van der Waals surface area contributed by atoms with E-state index in [-0.39, 0.29) is 11.7 Å². The van der Waals surface area contributed by atoms with E-state index < -0.39 is 10.2 Å². The number of aryl methyl sites for hydroxylation is 1. The summed E-state index contributed by atoms with van der Waals surface area (Å²) in [6.45, 7) is 2.02. The summed E-state index contributed by atoms with van der Waals surface area (Å²) in [5.41, 5.74) is 6.57. The smallest absolute Gasteiger partial charge is 0.345 e. The van der Waals surface area contributed by atoms with Crippen LogP contribution in [0.15, 0.2) is 10.6 Å². The van der Waals surface area contributed by atoms with Gasteiger partial charge in [0.15, 0.2) is 11.7 Å². The summed E-state index contributed by atoms with van der Waals surface area (Å²) in [6, 6.07) is 0. The highest BCUT2D eigenvalue weighted by atomic mass is 32.2. The van der Waals surface area contributed by atoms with Gasteiger partial charge >= 0.3 is 10.2 Å². The van der Waals surface area contributed by atoms with Crippen LogP contribution in [0, 0.1) is 0 Å². The number of nitrogens with two attached hydrogens (primary N) is 1. The molecule has 1 aliphatic rings. The number of fused-ring (bicyclic) bond motifs is 1. The van der Waals surface area contributed by atoms with E-state index in [9.17, 15) is 8.42 Å². The van der Waals surface area contributed by atoms with Gasteiger partial charge in [-0.25, -0.2) is 14.7 Å². The molecule has 0 saturated carbocycles. The van der Waals surface area contributed by atoms with Gasteiger partial charge in [0.1, 0.15) is 5.69 Å². The average Bonchev–Trinajstić information content (AvgIpc) is 2.18. The molecule has 1 aromatic rings. The summed E-state index contributed by atoms with van der Waals surface area (Å²) in [7, 11) is -3.76. The summed E-state index contributed by atoms with van der Waals surface area (Å²) >= 11 is 0. The third-order valence-electron chi connectivity index (χ3n) is 2.02. The quantitative estimate of drug-likeness (QED) is 0.745. The third kappa shape index (κ3) is 1.96. The number of hydrogen-bond donors (Lipinski definition) is 2. The molecule has 0 atom stereocenters. The largest absolute Gasteiger partial charge is 0.381 e. The lowest BCUT2D eigenvalue weighted by atomic mass is 10.2. The molecule has 3 N–H and O–H groups in total. The average molecular weight is 241 g/mol. The molecule has 0 fully saturated rings. The van der Waals surface area contributed by atoms with Crippen molar-refractivity contribution in [2.75, 3.05) is 4.72 Å². The first-order valence-electron chi connectivity index (χ1n) is 4.76. The maximum atomic E-state index is 11.2. The van der Waals surface area contributed by atoms with Crippen LogP contribution < -0.4 is 10.5 Å². The Morgan fingerprint density at radius 1 is 1.50 bits per heavy atom. The van der Waals surface area contributed by atoms with Gasteiger partial charge in [0.05, 0.1) is 11.9 Å². The van der Waals surface area contributed by atoms with E-state index >= 15 is 0 Å². The molecule has 7 nitrogen and oxygen atoms in total. The summed E-state index contributed by atoms with van der Waals surface area (Å²) in [4.78, 5) is 8.17. The zero-order valence-corrected chi connectivity index (χ0v) is 9.45. The molecule has 0 unspecified atom stereocenters. The molecule has 1 aliphatic heterocycles. The van der Waals surface area contributed by atoms with Gasteiger partial charge in [-0.2, -0.15) is 8.42 Å². The van der Waals surface area contributed by atoms with E-state index in [0.717, 1.165) is 18.5 Å². The number of aromatic nitrogens is 2. The Kier molecular flexibility index (Phi) is 2.50. The van der Waals surface area contributed by atoms with Crippen LogP contribution in [-0.4, -0.2) is 24.2 Å². The lowest BCUT2D eigenvalue weighted by molar-refractivity contribution is 0.602. The molecule has 8 heteroatoms. The van der Waals surface area contributed by atoms with Crippen molar-refractivity contribution in [2.24, 2.45) is 10.1 Å². The Morgan fingerprint density at radius 2 is 2.25 bits per heavy atom. The van der Waals surface area contributed by atoms with E-state index in [2.05, 4.69) is 19.1 Å². The molecule has 2 rings (SSSR count). The topological polar surface area (TPSA) is 110 Å². The predicted molar refractivity (Wildman–Crippen MR) is 59.3 cm³/mol. The standard InChI is InChI=1S/C8H11N5O2S/c1-2-3-5-4-10-8-6(11-5)7(9)12-16(14,15)13-8/h4H,2-3H2,1H3,(H2,9,12)(H,10,13). The number of amidine groups is 1. The van der Waals surface area contributed by atoms with Crippen LogP contribution in [0.2, 0.25) is 0 Å². The molecular weight excluding hydrogens is 230 g/mol. The summed E-state index contributed by atoms with van der Waals surface area (Å²) in [6.07, 6.45) is 3.22. The molecule has 0 amide bonds. The molecule has 1 aromatic heterocycles. The van der Waals surface area contributed by atoms with Gasteiger partial charge in [-0.05, 0) is 6.42 Å². The Hall–Kier alpha value is -1.70. The fourth-order valence-electron chi connectivity index (χ4n) is 1.37. The van der Waals surface area contributed by atoms with Crippen molar-refractivity contribution >= 4 is 21.9 Å². The van der Waals surface area contributed by atoms with Gasteiger partial charge in [-0.1, -0.05) is 13.3 Å². The van der Waals surface area contributed by atoms with Crippen molar-refractivity contribution in [1.82, 2.24) is 9.97 Å². The Morgan fingerprint density at radius 3 is 2.94 bits per heavy atom. The first-order valence-corrected chi connectivity index (χ1v) is 6.20. The van der Waals surface area contributed by atoms with Gasteiger partial charge < -0.3 is 5.73 Å². The van der Waals surface area contributed by atoms with Crippen molar-refractivity contribution in [3.63, 3.8) is 0 Å². The van der Waals surface area contributed by atoms with Gasteiger partial charge in [-0.3, -0.25) is 0 Å². The lowest BCUT2D eigenvalue weighted by Gasteiger charge is -2.14. The van der Waals surface area contributed by atoms with Crippen molar-refractivity contribution in [3.05, 3.63) is 17.6 Å². The van der Waals surface area contributed by atoms with Gasteiger partial charge in [0, 0.05) is 0 Å². The minimum atomic E-state index is -3.76. The van der Waals surface area contributed by atoms with Crippen molar-refractivity contribution < 1.29 is 8.42 Å². The Labute approximate surface area is 93.0 Å². The van der Waals surface area contributed by atoms with Crippen LogP contribution in [0.1, 0.15) is 24.7 Å². The molecule has 0 bridgehead atoms. The Balaban J connectivity index is 2.50. The fourth-order valence-corrected chi connectivity index (χ4v) is 2.16. The van der Waals surface area contributed by atoms with E-state index in [1.54, 1.807) is 0 Å². The van der Waals surface area contributed by atoms with Crippen LogP contribution in [0.3, 0.4) is 0 Å². The van der Waals surface area contributed by atoms with E-state index in [4.69, 9.17) is 5.73 Å². The molecule has 0 aromatic carbocycles. The number of rotatable bonds is 2. The zero-order chi connectivity index (χ0) is 11.8. The Bertz CT molecular complexity index is 552. The predicted octanol–water partition coefficient (Wildman–Crippen LogP) is -0.195. The van der Waals surface area contributed by atoms with Crippen molar-refractivity contribution in [3.8, 4) is 0 Å². The molecular formula is C8H11N5O2S. The van der Waals surface area contributed by atoms with Gasteiger partial charge in [-0.15, -0.1) is 4.40 Å². The minimum absolute atomic E-state index is 0.126. The fraction of sp³-hybridized carbons (Fsp3) is 0.375. The highest BCUT2D eigenvalue weighted by Crippen LogP contribution is 2.17. The number of nitrogens with one attached hydrogen (secondary N) is 1. The summed E-state index contributed by atoms with van der Waals surface area (Å²) in [5, 5.41) is 0. The normalized spacial score (nSPS) is 17.2. The van der Waals surface area contributed by atoms with Crippen LogP contribution in [0.5, 0.6) is 0 Å². The molecule has 0 saturated heterocycles. The molecule has 86 valence electrons. The first kappa shape index (κ1) is 10.8. The molecule has 2 heterocycles. The molecule has 0 aliphatic carbocycles. The minimum Gasteiger partial charge on any atom is -0.381 e.